The van der Waals surface area contributed by atoms with Crippen LogP contribution >= 0.6 is 11.3 Å². The number of nitrogens with one attached hydrogen (secondary N) is 1. The van der Waals surface area contributed by atoms with Crippen molar-refractivity contribution in [3.63, 3.8) is 0 Å². The molecule has 5 aromatic rings. The molecule has 0 bridgehead atoms. The zero-order valence-corrected chi connectivity index (χ0v) is 22.3. The topological polar surface area (TPSA) is 129 Å². The fourth-order valence-electron chi connectivity index (χ4n) is 4.45. The van der Waals surface area contributed by atoms with Crippen molar-refractivity contribution in [3.8, 4) is 5.75 Å². The SMILES string of the molecule is O=C(Nc1nnc2c3cc(S(=O)(=O)N4CCOCC4)ccc3n(CCOc3ccccc3)c2n1)c1cccs1. The summed E-state index contributed by atoms with van der Waals surface area (Å²) < 4.78 is 41.2. The van der Waals surface area contributed by atoms with Crippen LogP contribution in [0.3, 0.4) is 0 Å². The number of thiophene rings is 1. The molecule has 11 nitrogen and oxygen atoms in total. The number of aromatic nitrogens is 4. The number of fused-ring (bicyclic) bond motifs is 3. The van der Waals surface area contributed by atoms with E-state index in [0.717, 1.165) is 11.3 Å². The molecule has 0 saturated carbocycles. The summed E-state index contributed by atoms with van der Waals surface area (Å²) in [5, 5.41) is 13.6. The molecule has 4 heterocycles. The van der Waals surface area contributed by atoms with Crippen LogP contribution in [0.4, 0.5) is 5.95 Å². The van der Waals surface area contributed by atoms with Crippen molar-refractivity contribution >= 4 is 55.3 Å². The summed E-state index contributed by atoms with van der Waals surface area (Å²) in [6, 6.07) is 17.9. The zero-order valence-electron chi connectivity index (χ0n) is 20.7. The maximum Gasteiger partial charge on any atom is 0.268 e. The lowest BCUT2D eigenvalue weighted by Crippen LogP contribution is -2.40. The van der Waals surface area contributed by atoms with Gasteiger partial charge < -0.3 is 14.0 Å². The lowest BCUT2D eigenvalue weighted by molar-refractivity contribution is 0.0730. The quantitative estimate of drug-likeness (QED) is 0.304. The molecular formula is C26H24N6O5S2. The van der Waals surface area contributed by atoms with Gasteiger partial charge in [-0.05, 0) is 41.8 Å². The molecule has 0 aliphatic carbocycles. The summed E-state index contributed by atoms with van der Waals surface area (Å²) in [6.45, 7) is 2.05. The molecule has 6 rings (SSSR count). The highest BCUT2D eigenvalue weighted by atomic mass is 32.2. The van der Waals surface area contributed by atoms with Crippen LogP contribution in [-0.2, 0) is 21.3 Å². The lowest BCUT2D eigenvalue weighted by atomic mass is 10.2. The van der Waals surface area contributed by atoms with Gasteiger partial charge in [-0.2, -0.15) is 9.29 Å². The van der Waals surface area contributed by atoms with E-state index in [0.29, 0.717) is 60.9 Å². The molecule has 1 aliphatic rings. The highest BCUT2D eigenvalue weighted by molar-refractivity contribution is 7.89. The number of nitrogens with zero attached hydrogens (tertiary/aromatic N) is 5. The van der Waals surface area contributed by atoms with Gasteiger partial charge >= 0.3 is 0 Å². The third kappa shape index (κ3) is 5.08. The van der Waals surface area contributed by atoms with Crippen LogP contribution in [0, 0.1) is 0 Å². The van der Waals surface area contributed by atoms with Crippen LogP contribution in [0.25, 0.3) is 22.1 Å². The molecular weight excluding hydrogens is 540 g/mol. The maximum atomic E-state index is 13.3. The molecule has 0 atom stereocenters. The minimum atomic E-state index is -3.72. The Morgan fingerprint density at radius 2 is 1.87 bits per heavy atom. The molecule has 2 aromatic carbocycles. The number of hydrogen-bond acceptors (Lipinski definition) is 9. The van der Waals surface area contributed by atoms with Gasteiger partial charge in [0.2, 0.25) is 10.0 Å². The smallest absolute Gasteiger partial charge is 0.268 e. The monoisotopic (exact) mass is 564 g/mol. The summed E-state index contributed by atoms with van der Waals surface area (Å²) >= 11 is 1.31. The van der Waals surface area contributed by atoms with E-state index in [1.807, 2.05) is 40.3 Å². The predicted octanol–water partition coefficient (Wildman–Crippen LogP) is 3.39. The summed E-state index contributed by atoms with van der Waals surface area (Å²) in [5.41, 5.74) is 1.61. The minimum Gasteiger partial charge on any atom is -0.492 e. The van der Waals surface area contributed by atoms with E-state index in [1.54, 1.807) is 30.3 Å². The summed E-state index contributed by atoms with van der Waals surface area (Å²) in [7, 11) is -3.72. The van der Waals surface area contributed by atoms with Crippen LogP contribution in [0.1, 0.15) is 9.67 Å². The van der Waals surface area contributed by atoms with Crippen molar-refractivity contribution in [2.75, 3.05) is 38.2 Å². The van der Waals surface area contributed by atoms with Crippen molar-refractivity contribution in [2.24, 2.45) is 0 Å². The second-order valence-electron chi connectivity index (χ2n) is 8.75. The largest absolute Gasteiger partial charge is 0.492 e. The Morgan fingerprint density at radius 1 is 1.05 bits per heavy atom. The number of amides is 1. The number of para-hydroxylation sites is 1. The van der Waals surface area contributed by atoms with Gasteiger partial charge in [0.1, 0.15) is 17.9 Å². The van der Waals surface area contributed by atoms with E-state index in [1.165, 1.54) is 15.6 Å². The van der Waals surface area contributed by atoms with Gasteiger partial charge in [0.25, 0.3) is 11.9 Å². The first kappa shape index (κ1) is 25.4. The highest BCUT2D eigenvalue weighted by Crippen LogP contribution is 2.30. The molecule has 0 radical (unpaired) electrons. The molecule has 3 aromatic heterocycles. The van der Waals surface area contributed by atoms with Gasteiger partial charge in [0.15, 0.2) is 5.65 Å². The predicted molar refractivity (Wildman–Crippen MR) is 147 cm³/mol. The molecule has 13 heteroatoms. The van der Waals surface area contributed by atoms with Crippen LogP contribution in [0.5, 0.6) is 5.75 Å². The zero-order chi connectivity index (χ0) is 26.8. The number of hydrogen-bond donors (Lipinski definition) is 1. The standard InChI is InChI=1S/C26H24N6O5S2/c33-25(22-7-4-16-38-22)28-26-27-24-23(29-30-26)20-17-19(39(34,35)31-10-13-36-14-11-31)8-9-21(20)32(24)12-15-37-18-5-2-1-3-6-18/h1-9,16-17H,10-15H2,(H,27,28,30,33). The Morgan fingerprint density at radius 3 is 2.64 bits per heavy atom. The third-order valence-electron chi connectivity index (χ3n) is 6.34. The van der Waals surface area contributed by atoms with Crippen molar-refractivity contribution in [1.29, 1.82) is 0 Å². The highest BCUT2D eigenvalue weighted by Gasteiger charge is 2.27. The van der Waals surface area contributed by atoms with E-state index >= 15 is 0 Å². The lowest BCUT2D eigenvalue weighted by Gasteiger charge is -2.26. The molecule has 1 saturated heterocycles. The molecule has 200 valence electrons. The van der Waals surface area contributed by atoms with Crippen LogP contribution in [-0.4, -0.2) is 71.3 Å². The number of anilines is 1. The van der Waals surface area contributed by atoms with E-state index in [-0.39, 0.29) is 16.8 Å². The van der Waals surface area contributed by atoms with Crippen LogP contribution in [0.2, 0.25) is 0 Å². The normalized spacial score (nSPS) is 14.6. The molecule has 0 spiro atoms. The average molecular weight is 565 g/mol. The first-order valence-corrected chi connectivity index (χ1v) is 14.6. The second-order valence-corrected chi connectivity index (χ2v) is 11.6. The van der Waals surface area contributed by atoms with E-state index < -0.39 is 10.0 Å². The van der Waals surface area contributed by atoms with Crippen molar-refractivity contribution in [3.05, 3.63) is 70.9 Å². The number of benzene rings is 2. The Labute approximate surface area is 228 Å². The van der Waals surface area contributed by atoms with E-state index in [4.69, 9.17) is 9.47 Å². The molecule has 1 aliphatic heterocycles. The fourth-order valence-corrected chi connectivity index (χ4v) is 6.51. The minimum absolute atomic E-state index is 0.0510. The number of carbonyl (C=O) groups is 1. The van der Waals surface area contributed by atoms with Gasteiger partial charge in [0, 0.05) is 18.5 Å². The summed E-state index contributed by atoms with van der Waals surface area (Å²) in [5.74, 6) is 0.448. The van der Waals surface area contributed by atoms with Gasteiger partial charge in [-0.1, -0.05) is 24.3 Å². The molecule has 1 fully saturated rings. The van der Waals surface area contributed by atoms with Gasteiger partial charge in [0.05, 0.1) is 35.0 Å². The van der Waals surface area contributed by atoms with Crippen molar-refractivity contribution < 1.29 is 22.7 Å². The number of rotatable bonds is 8. The number of carbonyl (C=O) groups excluding carboxylic acids is 1. The molecule has 39 heavy (non-hydrogen) atoms. The molecule has 0 unspecified atom stereocenters. The average Bonchev–Trinajstić information content (AvgIpc) is 3.61. The number of sulfonamides is 1. The third-order valence-corrected chi connectivity index (χ3v) is 9.11. The number of morpholine rings is 1. The Kier molecular flexibility index (Phi) is 6.95. The molecule has 1 amide bonds. The fraction of sp³-hybridized carbons (Fsp3) is 0.231. The van der Waals surface area contributed by atoms with Crippen molar-refractivity contribution in [1.82, 2.24) is 24.1 Å². The summed E-state index contributed by atoms with van der Waals surface area (Å²) in [6.07, 6.45) is 0. The first-order chi connectivity index (χ1) is 19.0. The van der Waals surface area contributed by atoms with Gasteiger partial charge in [-0.3, -0.25) is 10.1 Å². The van der Waals surface area contributed by atoms with E-state index in [2.05, 4.69) is 20.5 Å². The second kappa shape index (κ2) is 10.7. The van der Waals surface area contributed by atoms with Gasteiger partial charge in [-0.15, -0.1) is 21.5 Å². The van der Waals surface area contributed by atoms with Crippen LogP contribution < -0.4 is 10.1 Å². The molecule has 1 N–H and O–H groups in total. The first-order valence-electron chi connectivity index (χ1n) is 12.3. The summed E-state index contributed by atoms with van der Waals surface area (Å²) in [4.78, 5) is 17.9. The Hall–Kier alpha value is -3.91. The van der Waals surface area contributed by atoms with Crippen LogP contribution in [0.15, 0.2) is 70.9 Å². The Bertz CT molecular complexity index is 1730. The maximum absolute atomic E-state index is 13.3. The van der Waals surface area contributed by atoms with Gasteiger partial charge in [-0.25, -0.2) is 8.42 Å². The number of ether oxygens (including phenoxy) is 2. The Balaban J connectivity index is 1.39. The van der Waals surface area contributed by atoms with E-state index in [9.17, 15) is 13.2 Å². The van der Waals surface area contributed by atoms with Crippen molar-refractivity contribution in [2.45, 2.75) is 11.4 Å².